The second-order valence-corrected chi connectivity index (χ2v) is 4.57. The summed E-state index contributed by atoms with van der Waals surface area (Å²) in [6, 6.07) is 0.719. The van der Waals surface area contributed by atoms with Crippen molar-refractivity contribution < 1.29 is 18.0 Å². The van der Waals surface area contributed by atoms with Gasteiger partial charge in [0, 0.05) is 18.7 Å². The molecule has 0 bridgehead atoms. The van der Waals surface area contributed by atoms with Crippen LogP contribution in [0.3, 0.4) is 0 Å². The van der Waals surface area contributed by atoms with Gasteiger partial charge >= 0.3 is 6.18 Å². The van der Waals surface area contributed by atoms with Crippen molar-refractivity contribution in [1.29, 1.82) is 0 Å². The summed E-state index contributed by atoms with van der Waals surface area (Å²) in [5.74, 6) is -0.534. The number of carbonyl (C=O) groups excluding carboxylic acids is 1. The molecule has 0 aliphatic carbocycles. The van der Waals surface area contributed by atoms with Gasteiger partial charge in [-0.3, -0.25) is 4.79 Å². The lowest BCUT2D eigenvalue weighted by atomic mass is 10.3. The van der Waals surface area contributed by atoms with E-state index in [-0.39, 0.29) is 30.3 Å². The van der Waals surface area contributed by atoms with Crippen LogP contribution in [0.5, 0.6) is 0 Å². The molecule has 0 aliphatic heterocycles. The quantitative estimate of drug-likeness (QED) is 0.747. The molecular weight excluding hydrogens is 287 g/mol. The Kier molecular flexibility index (Phi) is 5.74. The molecule has 6 nitrogen and oxygen atoms in total. The number of halogens is 3. The van der Waals surface area contributed by atoms with Crippen molar-refractivity contribution in [1.82, 2.24) is 15.3 Å². The Morgan fingerprint density at radius 1 is 1.29 bits per heavy atom. The Morgan fingerprint density at radius 2 is 1.95 bits per heavy atom. The third-order valence-electron chi connectivity index (χ3n) is 2.23. The smallest absolute Gasteiger partial charge is 0.361 e. The molecule has 0 saturated carbocycles. The molecule has 0 spiro atoms. The number of nitrogens with zero attached hydrogens (tertiary/aromatic N) is 2. The lowest BCUT2D eigenvalue weighted by Crippen LogP contribution is -2.35. The van der Waals surface area contributed by atoms with Crippen LogP contribution in [0, 0.1) is 0 Å². The molecule has 0 aliphatic rings. The lowest BCUT2D eigenvalue weighted by molar-refractivity contribution is -0.141. The Balaban J connectivity index is 2.85. The van der Waals surface area contributed by atoms with E-state index in [1.807, 2.05) is 0 Å². The van der Waals surface area contributed by atoms with Crippen LogP contribution >= 0.6 is 0 Å². The van der Waals surface area contributed by atoms with Gasteiger partial charge in [0.15, 0.2) is 5.69 Å². The van der Waals surface area contributed by atoms with Crippen molar-refractivity contribution in [3.8, 4) is 0 Å². The van der Waals surface area contributed by atoms with Crippen molar-refractivity contribution in [2.45, 2.75) is 33.0 Å². The van der Waals surface area contributed by atoms with E-state index in [0.717, 1.165) is 6.07 Å². The maximum absolute atomic E-state index is 12.7. The zero-order valence-corrected chi connectivity index (χ0v) is 12.0. The monoisotopic (exact) mass is 305 g/mol. The number of alkyl halides is 3. The van der Waals surface area contributed by atoms with Crippen molar-refractivity contribution >= 4 is 17.7 Å². The van der Waals surface area contributed by atoms with E-state index in [0.29, 0.717) is 6.54 Å². The van der Waals surface area contributed by atoms with Crippen molar-refractivity contribution in [3.05, 3.63) is 11.8 Å². The first-order valence-electron chi connectivity index (χ1n) is 6.45. The molecule has 0 unspecified atom stereocenters. The average Bonchev–Trinajstić information content (AvgIpc) is 2.35. The van der Waals surface area contributed by atoms with Gasteiger partial charge in [0.1, 0.15) is 5.82 Å². The number of aromatic nitrogens is 2. The van der Waals surface area contributed by atoms with Crippen LogP contribution in [0.1, 0.15) is 26.5 Å². The van der Waals surface area contributed by atoms with Gasteiger partial charge in [-0.15, -0.1) is 0 Å². The fraction of sp³-hybridized carbons (Fsp3) is 0.583. The number of hydrogen-bond donors (Lipinski definition) is 3. The van der Waals surface area contributed by atoms with E-state index < -0.39 is 11.9 Å². The van der Waals surface area contributed by atoms with Crippen molar-refractivity contribution in [2.75, 3.05) is 23.7 Å². The minimum absolute atomic E-state index is 0.0484. The van der Waals surface area contributed by atoms with Crippen LogP contribution in [-0.4, -0.2) is 35.0 Å². The Hall–Kier alpha value is -2.06. The highest BCUT2D eigenvalue weighted by Gasteiger charge is 2.33. The molecule has 9 heteroatoms. The fourth-order valence-corrected chi connectivity index (χ4v) is 1.46. The van der Waals surface area contributed by atoms with E-state index in [1.165, 1.54) is 0 Å². The highest BCUT2D eigenvalue weighted by molar-refractivity contribution is 5.80. The first-order valence-corrected chi connectivity index (χ1v) is 6.45. The second kappa shape index (κ2) is 7.09. The molecule has 1 rings (SSSR count). The number of nitrogens with one attached hydrogen (secondary N) is 3. The van der Waals surface area contributed by atoms with Gasteiger partial charge in [0.25, 0.3) is 0 Å². The Morgan fingerprint density at radius 3 is 2.48 bits per heavy atom. The summed E-state index contributed by atoms with van der Waals surface area (Å²) in [6.07, 6.45) is -4.58. The van der Waals surface area contributed by atoms with Crippen LogP contribution in [0.25, 0.3) is 0 Å². The average molecular weight is 305 g/mol. The van der Waals surface area contributed by atoms with Gasteiger partial charge in [-0.05, 0) is 20.8 Å². The summed E-state index contributed by atoms with van der Waals surface area (Å²) in [5.41, 5.74) is -1.07. The lowest BCUT2D eigenvalue weighted by Gasteiger charge is -2.13. The van der Waals surface area contributed by atoms with Crippen LogP contribution in [0.15, 0.2) is 6.07 Å². The first-order chi connectivity index (χ1) is 9.72. The zero-order valence-electron chi connectivity index (χ0n) is 12.0. The summed E-state index contributed by atoms with van der Waals surface area (Å²) in [6.45, 7) is 5.50. The molecule has 1 aromatic rings. The molecular formula is C12H18F3N5O. The molecule has 0 aromatic carbocycles. The van der Waals surface area contributed by atoms with Crippen molar-refractivity contribution in [3.63, 3.8) is 0 Å². The zero-order chi connectivity index (χ0) is 16.0. The molecule has 1 amide bonds. The summed E-state index contributed by atoms with van der Waals surface area (Å²) < 4.78 is 38.2. The molecule has 0 radical (unpaired) electrons. The Bertz CT molecular complexity index is 490. The van der Waals surface area contributed by atoms with Crippen LogP contribution in [0.2, 0.25) is 0 Å². The number of amides is 1. The highest BCUT2D eigenvalue weighted by Crippen LogP contribution is 2.29. The second-order valence-electron chi connectivity index (χ2n) is 4.57. The fourth-order valence-electron chi connectivity index (χ4n) is 1.46. The molecule has 0 fully saturated rings. The van der Waals surface area contributed by atoms with E-state index in [9.17, 15) is 18.0 Å². The maximum Gasteiger partial charge on any atom is 0.433 e. The van der Waals surface area contributed by atoms with Gasteiger partial charge in [-0.25, -0.2) is 4.98 Å². The minimum Gasteiger partial charge on any atom is -0.361 e. The summed E-state index contributed by atoms with van der Waals surface area (Å²) in [7, 11) is 0. The number of carbonyl (C=O) groups is 1. The summed E-state index contributed by atoms with van der Waals surface area (Å²) in [4.78, 5) is 18.7. The van der Waals surface area contributed by atoms with E-state index in [4.69, 9.17) is 0 Å². The standard InChI is InChI=1S/C12H18F3N5O/c1-4-16-11-19-8(12(13,14)15)5-9(20-11)17-6-10(21)18-7(2)3/h5,7H,4,6H2,1-3H3,(H,18,21)(H2,16,17,19,20). The van der Waals surface area contributed by atoms with Crippen LogP contribution in [0.4, 0.5) is 24.9 Å². The summed E-state index contributed by atoms with van der Waals surface area (Å²) >= 11 is 0. The van der Waals surface area contributed by atoms with Gasteiger partial charge in [-0.2, -0.15) is 18.2 Å². The molecule has 1 heterocycles. The van der Waals surface area contributed by atoms with E-state index in [2.05, 4.69) is 25.9 Å². The topological polar surface area (TPSA) is 78.9 Å². The summed E-state index contributed by atoms with van der Waals surface area (Å²) in [5, 5.41) is 7.79. The number of rotatable bonds is 6. The molecule has 118 valence electrons. The number of hydrogen-bond acceptors (Lipinski definition) is 5. The van der Waals surface area contributed by atoms with E-state index in [1.54, 1.807) is 20.8 Å². The molecule has 0 saturated heterocycles. The predicted molar refractivity (Wildman–Crippen MR) is 73.0 cm³/mol. The molecule has 0 atom stereocenters. The van der Waals surface area contributed by atoms with Crippen LogP contribution < -0.4 is 16.0 Å². The van der Waals surface area contributed by atoms with E-state index >= 15 is 0 Å². The van der Waals surface area contributed by atoms with Gasteiger partial charge < -0.3 is 16.0 Å². The SMILES string of the molecule is CCNc1nc(NCC(=O)NC(C)C)cc(C(F)(F)F)n1. The van der Waals surface area contributed by atoms with Gasteiger partial charge in [0.05, 0.1) is 6.54 Å². The van der Waals surface area contributed by atoms with Gasteiger partial charge in [0.2, 0.25) is 11.9 Å². The largest absolute Gasteiger partial charge is 0.433 e. The minimum atomic E-state index is -4.58. The highest BCUT2D eigenvalue weighted by atomic mass is 19.4. The van der Waals surface area contributed by atoms with Gasteiger partial charge in [-0.1, -0.05) is 0 Å². The third-order valence-corrected chi connectivity index (χ3v) is 2.23. The molecule has 1 aromatic heterocycles. The molecule has 3 N–H and O–H groups in total. The third kappa shape index (κ3) is 5.84. The first kappa shape index (κ1) is 17.0. The molecule has 21 heavy (non-hydrogen) atoms. The van der Waals surface area contributed by atoms with Crippen LogP contribution in [-0.2, 0) is 11.0 Å². The Labute approximate surface area is 120 Å². The van der Waals surface area contributed by atoms with Crippen molar-refractivity contribution in [2.24, 2.45) is 0 Å². The number of anilines is 2. The predicted octanol–water partition coefficient (Wildman–Crippen LogP) is 1.86. The maximum atomic E-state index is 12.7. The normalized spacial score (nSPS) is 11.4.